The number of benzene rings is 2. The smallest absolute Gasteiger partial charge is 0.433 e. The van der Waals surface area contributed by atoms with Gasteiger partial charge in [-0.2, -0.15) is 13.2 Å². The number of aryl methyl sites for hydroxylation is 1. The highest BCUT2D eigenvalue weighted by atomic mass is 32.2. The monoisotopic (exact) mass is 537 g/mol. The van der Waals surface area contributed by atoms with Gasteiger partial charge in [0.15, 0.2) is 0 Å². The highest BCUT2D eigenvalue weighted by Gasteiger charge is 2.33. The van der Waals surface area contributed by atoms with Crippen LogP contribution in [0.2, 0.25) is 0 Å². The molecule has 3 aromatic rings. The van der Waals surface area contributed by atoms with Gasteiger partial charge in [0.05, 0.1) is 29.7 Å². The fraction of sp³-hybridized carbons (Fsp3) is 0.308. The van der Waals surface area contributed by atoms with Gasteiger partial charge in [-0.15, -0.1) is 0 Å². The first kappa shape index (κ1) is 28.3. The van der Waals surface area contributed by atoms with Crippen molar-refractivity contribution in [3.05, 3.63) is 82.3 Å². The highest BCUT2D eigenvalue weighted by molar-refractivity contribution is 7.82. The molecule has 2 aromatic carbocycles. The second-order valence-electron chi connectivity index (χ2n) is 8.47. The summed E-state index contributed by atoms with van der Waals surface area (Å²) in [7, 11) is 0.111. The van der Waals surface area contributed by atoms with E-state index in [0.717, 1.165) is 11.6 Å². The van der Waals surface area contributed by atoms with Gasteiger partial charge < -0.3 is 10.1 Å². The number of pyridine rings is 1. The number of alkyl halides is 3. The van der Waals surface area contributed by atoms with Gasteiger partial charge in [0.2, 0.25) is 5.91 Å². The average molecular weight is 538 g/mol. The molecule has 0 fully saturated rings. The maximum absolute atomic E-state index is 14.5. The number of aromatic nitrogens is 1. The molecule has 3 rings (SSSR count). The zero-order valence-electron chi connectivity index (χ0n) is 20.7. The van der Waals surface area contributed by atoms with Gasteiger partial charge in [-0.3, -0.25) is 4.79 Å². The molecular formula is C26H27F4N3O3S. The molecule has 11 heteroatoms. The summed E-state index contributed by atoms with van der Waals surface area (Å²) in [5.41, 5.74) is 1.22. The lowest BCUT2D eigenvalue weighted by Crippen LogP contribution is -2.28. The van der Waals surface area contributed by atoms with Gasteiger partial charge in [0, 0.05) is 30.5 Å². The van der Waals surface area contributed by atoms with Crippen molar-refractivity contribution in [3.63, 3.8) is 0 Å². The van der Waals surface area contributed by atoms with E-state index >= 15 is 0 Å². The SMILES string of the molecule is COc1ccc(C)cc1-c1nc(C(F)(F)F)ccc1CNC(=O)C(C)c1ccc(CNS(C)=O)c(F)c1. The van der Waals surface area contributed by atoms with Crippen molar-refractivity contribution < 1.29 is 31.3 Å². The summed E-state index contributed by atoms with van der Waals surface area (Å²) in [6, 6.07) is 11.6. The van der Waals surface area contributed by atoms with Crippen LogP contribution >= 0.6 is 0 Å². The number of hydrogen-bond donors (Lipinski definition) is 2. The number of rotatable bonds is 9. The van der Waals surface area contributed by atoms with Crippen molar-refractivity contribution >= 4 is 16.9 Å². The van der Waals surface area contributed by atoms with Crippen molar-refractivity contribution in [2.24, 2.45) is 0 Å². The molecule has 1 amide bonds. The molecule has 2 atom stereocenters. The Kier molecular flexibility index (Phi) is 9.03. The van der Waals surface area contributed by atoms with Crippen LogP contribution < -0.4 is 14.8 Å². The molecule has 0 spiro atoms. The molecule has 2 unspecified atom stereocenters. The number of nitrogens with one attached hydrogen (secondary N) is 2. The van der Waals surface area contributed by atoms with Gasteiger partial charge in [-0.1, -0.05) is 29.8 Å². The van der Waals surface area contributed by atoms with Crippen LogP contribution in [0, 0.1) is 12.7 Å². The molecule has 0 bridgehead atoms. The number of ether oxygens (including phenoxy) is 1. The number of methoxy groups -OCH3 is 1. The topological polar surface area (TPSA) is 80.3 Å². The lowest BCUT2D eigenvalue weighted by molar-refractivity contribution is -0.141. The minimum Gasteiger partial charge on any atom is -0.496 e. The number of amides is 1. The van der Waals surface area contributed by atoms with E-state index in [2.05, 4.69) is 15.0 Å². The Morgan fingerprint density at radius 1 is 1.08 bits per heavy atom. The van der Waals surface area contributed by atoms with Crippen LogP contribution in [0.5, 0.6) is 5.75 Å². The van der Waals surface area contributed by atoms with Crippen LogP contribution in [0.15, 0.2) is 48.5 Å². The third kappa shape index (κ3) is 7.14. The first-order valence-corrected chi connectivity index (χ1v) is 12.8. The predicted octanol–water partition coefficient (Wildman–Crippen LogP) is 5.03. The van der Waals surface area contributed by atoms with E-state index in [1.807, 2.05) is 0 Å². The summed E-state index contributed by atoms with van der Waals surface area (Å²) < 4.78 is 73.9. The Hall–Kier alpha value is -3.31. The maximum atomic E-state index is 14.5. The van der Waals surface area contributed by atoms with Gasteiger partial charge in [0.1, 0.15) is 17.3 Å². The summed E-state index contributed by atoms with van der Waals surface area (Å²) in [4.78, 5) is 16.7. The molecule has 37 heavy (non-hydrogen) atoms. The number of hydrogen-bond acceptors (Lipinski definition) is 4. The lowest BCUT2D eigenvalue weighted by Gasteiger charge is -2.17. The minimum atomic E-state index is -4.65. The molecule has 0 aliphatic carbocycles. The van der Waals surface area contributed by atoms with Crippen LogP contribution in [0.3, 0.4) is 0 Å². The molecule has 0 aliphatic rings. The van der Waals surface area contributed by atoms with Crippen LogP contribution in [0.1, 0.15) is 40.8 Å². The standard InChI is InChI=1S/C26H27F4N3O3S/c1-15-5-9-22(36-3)20(11-15)24-19(8-10-23(33-24)26(28,29)30)13-31-25(34)16(2)17-6-7-18(21(27)12-17)14-32-37(4)35/h5-12,16,32H,13-14H2,1-4H3,(H,31,34). The molecule has 1 aromatic heterocycles. The molecule has 0 radical (unpaired) electrons. The summed E-state index contributed by atoms with van der Waals surface area (Å²) in [6.45, 7) is 3.36. The zero-order chi connectivity index (χ0) is 27.3. The third-order valence-electron chi connectivity index (χ3n) is 5.77. The largest absolute Gasteiger partial charge is 0.496 e. The first-order valence-electron chi connectivity index (χ1n) is 11.3. The molecular weight excluding hydrogens is 510 g/mol. The fourth-order valence-corrected chi connectivity index (χ4v) is 4.03. The number of halogens is 4. The van der Waals surface area contributed by atoms with E-state index in [1.165, 1.54) is 31.6 Å². The normalized spacial score (nSPS) is 13.2. The summed E-state index contributed by atoms with van der Waals surface area (Å²) >= 11 is 0. The Bertz CT molecular complexity index is 1310. The molecule has 0 aliphatic heterocycles. The van der Waals surface area contributed by atoms with Crippen LogP contribution in [-0.2, 0) is 35.0 Å². The van der Waals surface area contributed by atoms with Crippen LogP contribution in [0.25, 0.3) is 11.3 Å². The van der Waals surface area contributed by atoms with E-state index in [1.54, 1.807) is 38.1 Å². The van der Waals surface area contributed by atoms with E-state index < -0.39 is 40.5 Å². The van der Waals surface area contributed by atoms with Crippen LogP contribution in [0.4, 0.5) is 17.6 Å². The molecule has 198 valence electrons. The molecule has 0 saturated heterocycles. The van der Waals surface area contributed by atoms with Gasteiger partial charge in [-0.25, -0.2) is 18.3 Å². The Labute approximate surface area is 215 Å². The Morgan fingerprint density at radius 2 is 1.78 bits per heavy atom. The lowest BCUT2D eigenvalue weighted by atomic mass is 9.98. The van der Waals surface area contributed by atoms with Crippen molar-refractivity contribution in [1.29, 1.82) is 0 Å². The fourth-order valence-electron chi connectivity index (χ4n) is 3.67. The van der Waals surface area contributed by atoms with E-state index in [0.29, 0.717) is 28.0 Å². The summed E-state index contributed by atoms with van der Waals surface area (Å²) in [6.07, 6.45) is -3.22. The quantitative estimate of drug-likeness (QED) is 0.376. The van der Waals surface area contributed by atoms with Crippen molar-refractivity contribution in [2.45, 2.75) is 39.0 Å². The second kappa shape index (κ2) is 11.8. The molecule has 2 N–H and O–H groups in total. The molecule has 1 heterocycles. The molecule has 6 nitrogen and oxygen atoms in total. The number of carbonyl (C=O) groups excluding carboxylic acids is 1. The van der Waals surface area contributed by atoms with E-state index in [9.17, 15) is 26.6 Å². The Morgan fingerprint density at radius 3 is 2.41 bits per heavy atom. The minimum absolute atomic E-state index is 0.0412. The summed E-state index contributed by atoms with van der Waals surface area (Å²) in [5, 5.41) is 2.72. The zero-order valence-corrected chi connectivity index (χ0v) is 21.5. The van der Waals surface area contributed by atoms with Crippen molar-refractivity contribution in [1.82, 2.24) is 15.0 Å². The summed E-state index contributed by atoms with van der Waals surface area (Å²) in [5.74, 6) is -1.38. The predicted molar refractivity (Wildman–Crippen MR) is 134 cm³/mol. The van der Waals surface area contributed by atoms with E-state index in [4.69, 9.17) is 4.74 Å². The van der Waals surface area contributed by atoms with Gasteiger partial charge >= 0.3 is 6.18 Å². The van der Waals surface area contributed by atoms with Crippen LogP contribution in [-0.4, -0.2) is 28.5 Å². The van der Waals surface area contributed by atoms with Gasteiger partial charge in [-0.05, 0) is 49.2 Å². The first-order chi connectivity index (χ1) is 17.4. The second-order valence-corrected chi connectivity index (χ2v) is 9.67. The Balaban J connectivity index is 1.85. The number of nitrogens with zero attached hydrogens (tertiary/aromatic N) is 1. The maximum Gasteiger partial charge on any atom is 0.433 e. The number of carbonyl (C=O) groups is 1. The molecule has 0 saturated carbocycles. The highest BCUT2D eigenvalue weighted by Crippen LogP contribution is 2.35. The van der Waals surface area contributed by atoms with Crippen molar-refractivity contribution in [2.75, 3.05) is 13.4 Å². The van der Waals surface area contributed by atoms with Crippen molar-refractivity contribution in [3.8, 4) is 17.0 Å². The third-order valence-corrected chi connectivity index (χ3v) is 6.32. The average Bonchev–Trinajstić information content (AvgIpc) is 2.85. The van der Waals surface area contributed by atoms with E-state index in [-0.39, 0.29) is 18.8 Å². The van der Waals surface area contributed by atoms with Gasteiger partial charge in [0.25, 0.3) is 0 Å².